The molecule has 0 atom stereocenters. The summed E-state index contributed by atoms with van der Waals surface area (Å²) in [4.78, 5) is 0. The molecule has 0 aliphatic rings. The van der Waals surface area contributed by atoms with E-state index in [2.05, 4.69) is 5.32 Å². The third-order valence-corrected chi connectivity index (χ3v) is 2.87. The summed E-state index contributed by atoms with van der Waals surface area (Å²) in [5.74, 6) is 0.427. The minimum Gasteiger partial charge on any atom is -0.496 e. The Bertz CT molecular complexity index is 540. The highest BCUT2D eigenvalue weighted by Crippen LogP contribution is 2.19. The molecule has 2 aromatic rings. The van der Waals surface area contributed by atoms with E-state index >= 15 is 0 Å². The van der Waals surface area contributed by atoms with Gasteiger partial charge in [0.05, 0.1) is 7.11 Å². The quantitative estimate of drug-likeness (QED) is 0.813. The second-order valence-electron chi connectivity index (χ2n) is 4.30. The molecule has 0 saturated heterocycles. The maximum atomic E-state index is 13.2. The second kappa shape index (κ2) is 6.20. The second-order valence-corrected chi connectivity index (χ2v) is 4.30. The Morgan fingerprint density at radius 3 is 2.53 bits per heavy atom. The summed E-state index contributed by atoms with van der Waals surface area (Å²) in [6.45, 7) is 1.24. The monoisotopic (exact) mass is 260 g/mol. The number of ether oxygens (including phenoxy) is 1. The lowest BCUT2D eigenvalue weighted by Gasteiger charge is -2.10. The van der Waals surface area contributed by atoms with Crippen molar-refractivity contribution in [2.24, 2.45) is 0 Å². The van der Waals surface area contributed by atoms with Gasteiger partial charge in [-0.15, -0.1) is 0 Å². The average Bonchev–Trinajstić information content (AvgIpc) is 2.41. The van der Waals surface area contributed by atoms with Gasteiger partial charge in [-0.3, -0.25) is 0 Å². The van der Waals surface area contributed by atoms with E-state index in [0.29, 0.717) is 18.8 Å². The molecule has 0 bridgehead atoms. The Kier molecular flexibility index (Phi) is 4.36. The molecule has 0 amide bonds. The van der Waals surface area contributed by atoms with Crippen LogP contribution in [-0.4, -0.2) is 7.11 Å². The standard InChI is InChI=1S/C15H17FN2O/c1-19-15-7-4-13(16)8-12(15)10-18-9-11-2-5-14(17)6-3-11/h2-8,18H,9-10,17H2,1H3. The number of benzene rings is 2. The summed E-state index contributed by atoms with van der Waals surface area (Å²) < 4.78 is 18.4. The third kappa shape index (κ3) is 3.69. The maximum absolute atomic E-state index is 13.2. The molecule has 0 unspecified atom stereocenters. The van der Waals surface area contributed by atoms with Crippen molar-refractivity contribution in [2.75, 3.05) is 12.8 Å². The summed E-state index contributed by atoms with van der Waals surface area (Å²) >= 11 is 0. The van der Waals surface area contributed by atoms with Gasteiger partial charge >= 0.3 is 0 Å². The molecule has 2 rings (SSSR count). The third-order valence-electron chi connectivity index (χ3n) is 2.87. The van der Waals surface area contributed by atoms with Gasteiger partial charge in [0.15, 0.2) is 0 Å². The van der Waals surface area contributed by atoms with Gasteiger partial charge in [-0.05, 0) is 35.9 Å². The van der Waals surface area contributed by atoms with Gasteiger partial charge in [0, 0.05) is 24.3 Å². The van der Waals surface area contributed by atoms with Crippen LogP contribution in [0, 0.1) is 5.82 Å². The first-order valence-electron chi connectivity index (χ1n) is 6.06. The molecule has 2 aromatic carbocycles. The van der Waals surface area contributed by atoms with Crippen LogP contribution in [0.5, 0.6) is 5.75 Å². The van der Waals surface area contributed by atoms with Crippen molar-refractivity contribution in [1.82, 2.24) is 5.32 Å². The van der Waals surface area contributed by atoms with Crippen LogP contribution < -0.4 is 15.8 Å². The fourth-order valence-corrected chi connectivity index (χ4v) is 1.86. The van der Waals surface area contributed by atoms with Crippen LogP contribution in [0.4, 0.5) is 10.1 Å². The molecule has 0 saturated carbocycles. The highest BCUT2D eigenvalue weighted by atomic mass is 19.1. The molecule has 0 spiro atoms. The van der Waals surface area contributed by atoms with Crippen LogP contribution in [0.1, 0.15) is 11.1 Å². The number of nitrogens with two attached hydrogens (primary N) is 1. The smallest absolute Gasteiger partial charge is 0.123 e. The highest BCUT2D eigenvalue weighted by Gasteiger charge is 2.04. The average molecular weight is 260 g/mol. The molecule has 0 aliphatic carbocycles. The number of anilines is 1. The summed E-state index contributed by atoms with van der Waals surface area (Å²) in [5.41, 5.74) is 8.30. The number of nitrogens with one attached hydrogen (secondary N) is 1. The normalized spacial score (nSPS) is 10.4. The summed E-state index contributed by atoms with van der Waals surface area (Å²) in [6, 6.07) is 12.2. The van der Waals surface area contributed by atoms with Gasteiger partial charge in [0.1, 0.15) is 11.6 Å². The largest absolute Gasteiger partial charge is 0.496 e. The summed E-state index contributed by atoms with van der Waals surface area (Å²) in [5, 5.41) is 3.25. The molecule has 0 fully saturated rings. The molecule has 19 heavy (non-hydrogen) atoms. The number of halogens is 1. The van der Waals surface area contributed by atoms with Gasteiger partial charge in [-0.2, -0.15) is 0 Å². The fourth-order valence-electron chi connectivity index (χ4n) is 1.86. The Morgan fingerprint density at radius 1 is 1.11 bits per heavy atom. The van der Waals surface area contributed by atoms with Crippen LogP contribution in [0.15, 0.2) is 42.5 Å². The summed E-state index contributed by atoms with van der Waals surface area (Å²) in [7, 11) is 1.58. The molecular weight excluding hydrogens is 243 g/mol. The van der Waals surface area contributed by atoms with Crippen LogP contribution >= 0.6 is 0 Å². The van der Waals surface area contributed by atoms with Crippen molar-refractivity contribution in [3.63, 3.8) is 0 Å². The lowest BCUT2D eigenvalue weighted by molar-refractivity contribution is 0.406. The molecule has 3 N–H and O–H groups in total. The number of nitrogen functional groups attached to an aromatic ring is 1. The van der Waals surface area contributed by atoms with E-state index in [1.165, 1.54) is 12.1 Å². The van der Waals surface area contributed by atoms with Crippen molar-refractivity contribution in [1.29, 1.82) is 0 Å². The topological polar surface area (TPSA) is 47.3 Å². The number of methoxy groups -OCH3 is 1. The lowest BCUT2D eigenvalue weighted by Crippen LogP contribution is -2.13. The molecule has 0 aliphatic heterocycles. The Morgan fingerprint density at radius 2 is 1.84 bits per heavy atom. The van der Waals surface area contributed by atoms with Gasteiger partial charge in [0.2, 0.25) is 0 Å². The molecule has 4 heteroatoms. The van der Waals surface area contributed by atoms with Crippen LogP contribution in [0.3, 0.4) is 0 Å². The van der Waals surface area contributed by atoms with E-state index < -0.39 is 0 Å². The Balaban J connectivity index is 1.95. The zero-order valence-corrected chi connectivity index (χ0v) is 10.8. The highest BCUT2D eigenvalue weighted by molar-refractivity contribution is 5.39. The molecule has 0 heterocycles. The molecular formula is C15H17FN2O. The van der Waals surface area contributed by atoms with Gasteiger partial charge < -0.3 is 15.8 Å². The van der Waals surface area contributed by atoms with E-state index in [1.807, 2.05) is 24.3 Å². The minimum atomic E-state index is -0.259. The van der Waals surface area contributed by atoms with Gasteiger partial charge in [-0.25, -0.2) is 4.39 Å². The first-order valence-corrected chi connectivity index (χ1v) is 6.06. The van der Waals surface area contributed by atoms with Crippen molar-refractivity contribution in [3.05, 3.63) is 59.4 Å². The molecule has 100 valence electrons. The maximum Gasteiger partial charge on any atom is 0.123 e. The number of rotatable bonds is 5. The SMILES string of the molecule is COc1ccc(F)cc1CNCc1ccc(N)cc1. The molecule has 3 nitrogen and oxygen atoms in total. The number of hydrogen-bond acceptors (Lipinski definition) is 3. The van der Waals surface area contributed by atoms with E-state index in [4.69, 9.17) is 10.5 Å². The van der Waals surface area contributed by atoms with Crippen molar-refractivity contribution >= 4 is 5.69 Å². The fraction of sp³-hybridized carbons (Fsp3) is 0.200. The zero-order chi connectivity index (χ0) is 13.7. The molecule has 0 radical (unpaired) electrons. The van der Waals surface area contributed by atoms with Crippen molar-refractivity contribution < 1.29 is 9.13 Å². The Labute approximate surface area is 112 Å². The van der Waals surface area contributed by atoms with E-state index in [0.717, 1.165) is 16.8 Å². The number of hydrogen-bond donors (Lipinski definition) is 2. The first-order chi connectivity index (χ1) is 9.19. The predicted molar refractivity (Wildman–Crippen MR) is 74.4 cm³/mol. The Hall–Kier alpha value is -2.07. The van der Waals surface area contributed by atoms with E-state index in [9.17, 15) is 4.39 Å². The summed E-state index contributed by atoms with van der Waals surface area (Å²) in [6.07, 6.45) is 0. The van der Waals surface area contributed by atoms with Crippen molar-refractivity contribution in [3.8, 4) is 5.75 Å². The zero-order valence-electron chi connectivity index (χ0n) is 10.8. The van der Waals surface area contributed by atoms with E-state index in [1.54, 1.807) is 13.2 Å². The predicted octanol–water partition coefficient (Wildman–Crippen LogP) is 2.71. The minimum absolute atomic E-state index is 0.259. The first kappa shape index (κ1) is 13.4. The van der Waals surface area contributed by atoms with Crippen LogP contribution in [0.25, 0.3) is 0 Å². The van der Waals surface area contributed by atoms with Gasteiger partial charge in [0.25, 0.3) is 0 Å². The van der Waals surface area contributed by atoms with Crippen LogP contribution in [-0.2, 0) is 13.1 Å². The van der Waals surface area contributed by atoms with Crippen molar-refractivity contribution in [2.45, 2.75) is 13.1 Å². The molecule has 0 aromatic heterocycles. The van der Waals surface area contributed by atoms with Gasteiger partial charge in [-0.1, -0.05) is 12.1 Å². The van der Waals surface area contributed by atoms with Crippen LogP contribution in [0.2, 0.25) is 0 Å². The lowest BCUT2D eigenvalue weighted by atomic mass is 10.1. The van der Waals surface area contributed by atoms with E-state index in [-0.39, 0.29) is 5.82 Å².